The van der Waals surface area contributed by atoms with Crippen LogP contribution in [0.15, 0.2) is 0 Å². The highest BCUT2D eigenvalue weighted by Crippen LogP contribution is 2.35. The Morgan fingerprint density at radius 3 is 2.56 bits per heavy atom. The number of nitrogens with zero attached hydrogens (tertiary/aromatic N) is 2. The van der Waals surface area contributed by atoms with E-state index < -0.39 is 0 Å². The van der Waals surface area contributed by atoms with Gasteiger partial charge in [0, 0.05) is 13.1 Å². The zero-order chi connectivity index (χ0) is 11.6. The van der Waals surface area contributed by atoms with Crippen molar-refractivity contribution in [3.05, 3.63) is 0 Å². The first-order valence-corrected chi connectivity index (χ1v) is 6.52. The predicted molar refractivity (Wildman–Crippen MR) is 62.8 cm³/mol. The van der Waals surface area contributed by atoms with Crippen LogP contribution in [0.5, 0.6) is 0 Å². The fraction of sp³-hybridized carbons (Fsp3) is 0.923. The van der Waals surface area contributed by atoms with E-state index >= 15 is 0 Å². The van der Waals surface area contributed by atoms with Crippen molar-refractivity contribution >= 4 is 0 Å². The minimum atomic E-state index is -0.216. The molecule has 2 fully saturated rings. The lowest BCUT2D eigenvalue weighted by Crippen LogP contribution is -2.55. The molecule has 2 rings (SSSR count). The van der Waals surface area contributed by atoms with Crippen molar-refractivity contribution in [1.82, 2.24) is 4.90 Å². The molecule has 3 nitrogen and oxygen atoms in total. The largest absolute Gasteiger partial charge is 0.393 e. The maximum Gasteiger partial charge on any atom is 0.109 e. The summed E-state index contributed by atoms with van der Waals surface area (Å²) in [5.74, 6) is 0.306. The molecular weight excluding hydrogens is 200 g/mol. The van der Waals surface area contributed by atoms with Gasteiger partial charge in [-0.1, -0.05) is 26.2 Å². The summed E-state index contributed by atoms with van der Waals surface area (Å²) < 4.78 is 0. The molecule has 2 unspecified atom stereocenters. The quantitative estimate of drug-likeness (QED) is 0.737. The zero-order valence-corrected chi connectivity index (χ0v) is 10.2. The monoisotopic (exact) mass is 222 g/mol. The fourth-order valence-electron chi connectivity index (χ4n) is 3.16. The molecule has 1 saturated carbocycles. The number of rotatable bonds is 1. The van der Waals surface area contributed by atoms with E-state index in [2.05, 4.69) is 17.9 Å². The summed E-state index contributed by atoms with van der Waals surface area (Å²) in [7, 11) is 0. The Bertz CT molecular complexity index is 278. The molecule has 1 heterocycles. The molecule has 0 spiro atoms. The Balaban J connectivity index is 2.07. The van der Waals surface area contributed by atoms with Gasteiger partial charge in [-0.05, 0) is 25.2 Å². The zero-order valence-electron chi connectivity index (χ0n) is 10.2. The second kappa shape index (κ2) is 4.73. The minimum absolute atomic E-state index is 0.171. The summed E-state index contributed by atoms with van der Waals surface area (Å²) >= 11 is 0. The van der Waals surface area contributed by atoms with Gasteiger partial charge >= 0.3 is 0 Å². The summed E-state index contributed by atoms with van der Waals surface area (Å²) in [6, 6.07) is 2.57. The van der Waals surface area contributed by atoms with Gasteiger partial charge in [-0.25, -0.2) is 0 Å². The normalized spacial score (nSPS) is 35.6. The van der Waals surface area contributed by atoms with Crippen LogP contribution in [0, 0.1) is 17.2 Å². The van der Waals surface area contributed by atoms with E-state index in [0.29, 0.717) is 5.92 Å². The van der Waals surface area contributed by atoms with Crippen LogP contribution in [-0.2, 0) is 0 Å². The summed E-state index contributed by atoms with van der Waals surface area (Å²) in [6.07, 6.45) is 6.33. The molecule has 0 aromatic carbocycles. The van der Waals surface area contributed by atoms with Gasteiger partial charge in [0.1, 0.15) is 5.54 Å². The van der Waals surface area contributed by atoms with E-state index in [1.807, 2.05) is 0 Å². The Labute approximate surface area is 98.1 Å². The maximum atomic E-state index is 9.74. The third-order valence-corrected chi connectivity index (χ3v) is 4.35. The average Bonchev–Trinajstić information content (AvgIpc) is 2.33. The van der Waals surface area contributed by atoms with Crippen LogP contribution in [0.4, 0.5) is 0 Å². The minimum Gasteiger partial charge on any atom is -0.393 e. The van der Waals surface area contributed by atoms with E-state index in [4.69, 9.17) is 0 Å². The van der Waals surface area contributed by atoms with Crippen LogP contribution >= 0.6 is 0 Å². The Morgan fingerprint density at radius 2 is 2.00 bits per heavy atom. The molecule has 1 N–H and O–H groups in total. The third kappa shape index (κ3) is 2.09. The van der Waals surface area contributed by atoms with Gasteiger partial charge in [0.2, 0.25) is 0 Å². The van der Waals surface area contributed by atoms with E-state index in [9.17, 15) is 10.4 Å². The molecule has 3 heteroatoms. The Hall–Kier alpha value is -0.590. The van der Waals surface area contributed by atoms with Gasteiger partial charge in [0.05, 0.1) is 12.2 Å². The van der Waals surface area contributed by atoms with E-state index in [0.717, 1.165) is 32.4 Å². The highest BCUT2D eigenvalue weighted by Gasteiger charge is 2.41. The van der Waals surface area contributed by atoms with Crippen LogP contribution in [0.3, 0.4) is 0 Å². The topological polar surface area (TPSA) is 47.3 Å². The van der Waals surface area contributed by atoms with Crippen LogP contribution in [0.25, 0.3) is 0 Å². The maximum absolute atomic E-state index is 9.74. The first-order valence-electron chi connectivity index (χ1n) is 6.52. The smallest absolute Gasteiger partial charge is 0.109 e. The Kier molecular flexibility index (Phi) is 3.51. The molecule has 1 aliphatic heterocycles. The van der Waals surface area contributed by atoms with Gasteiger partial charge in [0.15, 0.2) is 0 Å². The highest BCUT2D eigenvalue weighted by molar-refractivity contribution is 5.10. The van der Waals surface area contributed by atoms with E-state index in [-0.39, 0.29) is 11.6 Å². The lowest BCUT2D eigenvalue weighted by Gasteiger charge is -2.46. The summed E-state index contributed by atoms with van der Waals surface area (Å²) in [5, 5.41) is 19.2. The van der Waals surface area contributed by atoms with Gasteiger partial charge in [0.25, 0.3) is 0 Å². The van der Waals surface area contributed by atoms with Crippen molar-refractivity contribution < 1.29 is 5.11 Å². The third-order valence-electron chi connectivity index (χ3n) is 4.35. The number of hydrogen-bond donors (Lipinski definition) is 1. The van der Waals surface area contributed by atoms with Crippen LogP contribution in [0.1, 0.15) is 45.4 Å². The number of hydrogen-bond acceptors (Lipinski definition) is 3. The van der Waals surface area contributed by atoms with Gasteiger partial charge in [-0.3, -0.25) is 4.90 Å². The first kappa shape index (κ1) is 11.9. The summed E-state index contributed by atoms with van der Waals surface area (Å²) in [6.45, 7) is 3.86. The van der Waals surface area contributed by atoms with Gasteiger partial charge in [-0.2, -0.15) is 5.26 Å². The van der Waals surface area contributed by atoms with Crippen molar-refractivity contribution in [2.24, 2.45) is 5.92 Å². The molecule has 0 aromatic heterocycles. The molecule has 0 radical (unpaired) electrons. The molecule has 90 valence electrons. The molecule has 1 saturated heterocycles. The van der Waals surface area contributed by atoms with Crippen molar-refractivity contribution in [2.45, 2.75) is 57.1 Å². The van der Waals surface area contributed by atoms with Crippen LogP contribution < -0.4 is 0 Å². The predicted octanol–water partition coefficient (Wildman–Crippen LogP) is 1.92. The Morgan fingerprint density at radius 1 is 1.31 bits per heavy atom. The lowest BCUT2D eigenvalue weighted by atomic mass is 9.79. The van der Waals surface area contributed by atoms with Crippen molar-refractivity contribution in [3.63, 3.8) is 0 Å². The molecular formula is C13H22N2O. The molecule has 16 heavy (non-hydrogen) atoms. The number of likely N-dealkylation sites (tertiary alicyclic amines) is 1. The molecule has 0 amide bonds. The number of nitriles is 1. The highest BCUT2D eigenvalue weighted by atomic mass is 16.3. The SMILES string of the molecule is CC1CN(C2(C#N)CCCCC2)CCC1O. The standard InChI is InChI=1S/C13H22N2O/c1-11-9-15(8-5-12(11)16)13(10-14)6-3-2-4-7-13/h11-12,16H,2-9H2,1H3. The second-order valence-electron chi connectivity index (χ2n) is 5.48. The van der Waals surface area contributed by atoms with Gasteiger partial charge < -0.3 is 5.11 Å². The number of aliphatic hydroxyl groups is 1. The summed E-state index contributed by atoms with van der Waals surface area (Å²) in [4.78, 5) is 2.34. The van der Waals surface area contributed by atoms with E-state index in [1.54, 1.807) is 0 Å². The number of aliphatic hydroxyl groups excluding tert-OH is 1. The molecule has 1 aliphatic carbocycles. The van der Waals surface area contributed by atoms with E-state index in [1.165, 1.54) is 19.3 Å². The van der Waals surface area contributed by atoms with Crippen LogP contribution in [0.2, 0.25) is 0 Å². The van der Waals surface area contributed by atoms with Crippen molar-refractivity contribution in [2.75, 3.05) is 13.1 Å². The van der Waals surface area contributed by atoms with Crippen molar-refractivity contribution in [1.29, 1.82) is 5.26 Å². The first-order chi connectivity index (χ1) is 7.68. The molecule has 0 bridgehead atoms. The lowest BCUT2D eigenvalue weighted by molar-refractivity contribution is -0.0117. The average molecular weight is 222 g/mol. The second-order valence-corrected chi connectivity index (χ2v) is 5.48. The molecule has 2 atom stereocenters. The molecule has 2 aliphatic rings. The van der Waals surface area contributed by atoms with Gasteiger partial charge in [-0.15, -0.1) is 0 Å². The van der Waals surface area contributed by atoms with Crippen LogP contribution in [-0.4, -0.2) is 34.7 Å². The number of piperidine rings is 1. The molecule has 0 aromatic rings. The fourth-order valence-corrected chi connectivity index (χ4v) is 3.16. The summed E-state index contributed by atoms with van der Waals surface area (Å²) in [5.41, 5.74) is -0.216. The van der Waals surface area contributed by atoms with Crippen molar-refractivity contribution in [3.8, 4) is 6.07 Å².